The maximum Gasteiger partial charge on any atom is 0.187 e. The highest BCUT2D eigenvalue weighted by atomic mass is 32.2. The van der Waals surface area contributed by atoms with Crippen molar-refractivity contribution in [2.75, 3.05) is 5.75 Å². The number of aryl methyl sites for hydroxylation is 2. The van der Waals surface area contributed by atoms with Crippen LogP contribution in [-0.2, 0) is 12.8 Å². The van der Waals surface area contributed by atoms with Crippen molar-refractivity contribution in [1.82, 2.24) is 9.97 Å². The lowest BCUT2D eigenvalue weighted by Crippen LogP contribution is -2.06. The van der Waals surface area contributed by atoms with Crippen LogP contribution in [0.5, 0.6) is 0 Å². The molecule has 1 aromatic rings. The quantitative estimate of drug-likeness (QED) is 0.534. The van der Waals surface area contributed by atoms with E-state index in [-0.39, 0.29) is 0 Å². The van der Waals surface area contributed by atoms with Crippen molar-refractivity contribution < 1.29 is 0 Å². The number of rotatable bonds is 2. The molecule has 70 valence electrons. The molecule has 3 heteroatoms. The fraction of sp³-hybridized carbons (Fsp3) is 0.600. The van der Waals surface area contributed by atoms with Crippen LogP contribution in [0.25, 0.3) is 0 Å². The van der Waals surface area contributed by atoms with E-state index in [1.165, 1.54) is 30.5 Å². The molecule has 0 bridgehead atoms. The monoisotopic (exact) mass is 194 g/mol. The molecule has 1 aliphatic carbocycles. The van der Waals surface area contributed by atoms with Gasteiger partial charge in [-0.25, -0.2) is 9.97 Å². The summed E-state index contributed by atoms with van der Waals surface area (Å²) in [6.45, 7) is 2.13. The van der Waals surface area contributed by atoms with Crippen LogP contribution in [0.4, 0.5) is 0 Å². The highest BCUT2D eigenvalue weighted by molar-refractivity contribution is 7.99. The van der Waals surface area contributed by atoms with Crippen molar-refractivity contribution in [3.8, 4) is 0 Å². The van der Waals surface area contributed by atoms with E-state index in [1.807, 2.05) is 6.20 Å². The summed E-state index contributed by atoms with van der Waals surface area (Å²) in [5, 5.41) is 0.947. The molecule has 2 rings (SSSR count). The first-order valence-corrected chi connectivity index (χ1v) is 5.86. The zero-order valence-corrected chi connectivity index (χ0v) is 8.73. The summed E-state index contributed by atoms with van der Waals surface area (Å²) in [5.74, 6) is 1.05. The van der Waals surface area contributed by atoms with E-state index in [9.17, 15) is 0 Å². The van der Waals surface area contributed by atoms with Crippen LogP contribution in [0.15, 0.2) is 11.4 Å². The molecule has 0 aliphatic heterocycles. The van der Waals surface area contributed by atoms with Crippen LogP contribution in [0.1, 0.15) is 31.0 Å². The first-order chi connectivity index (χ1) is 6.40. The maximum absolute atomic E-state index is 4.55. The molecule has 0 unspecified atom stereocenters. The Morgan fingerprint density at radius 1 is 1.38 bits per heavy atom. The van der Waals surface area contributed by atoms with Crippen LogP contribution >= 0.6 is 11.8 Å². The van der Waals surface area contributed by atoms with Crippen molar-refractivity contribution in [2.24, 2.45) is 0 Å². The van der Waals surface area contributed by atoms with Crippen LogP contribution in [-0.4, -0.2) is 15.7 Å². The van der Waals surface area contributed by atoms with E-state index in [4.69, 9.17) is 0 Å². The van der Waals surface area contributed by atoms with E-state index in [0.717, 1.165) is 17.3 Å². The largest absolute Gasteiger partial charge is 0.231 e. The van der Waals surface area contributed by atoms with Gasteiger partial charge < -0.3 is 0 Å². The van der Waals surface area contributed by atoms with Gasteiger partial charge in [-0.15, -0.1) is 0 Å². The zero-order chi connectivity index (χ0) is 9.10. The van der Waals surface area contributed by atoms with Crippen LogP contribution in [0.2, 0.25) is 0 Å². The van der Waals surface area contributed by atoms with Gasteiger partial charge in [-0.2, -0.15) is 0 Å². The van der Waals surface area contributed by atoms with Gasteiger partial charge in [-0.3, -0.25) is 0 Å². The molecule has 0 saturated heterocycles. The van der Waals surface area contributed by atoms with Crippen molar-refractivity contribution in [3.63, 3.8) is 0 Å². The fourth-order valence-corrected chi connectivity index (χ4v) is 2.22. The second-order valence-corrected chi connectivity index (χ2v) is 4.50. The molecule has 1 heterocycles. The minimum absolute atomic E-state index is 0.947. The van der Waals surface area contributed by atoms with Crippen molar-refractivity contribution in [1.29, 1.82) is 0 Å². The van der Waals surface area contributed by atoms with Gasteiger partial charge in [0.05, 0.1) is 0 Å². The van der Waals surface area contributed by atoms with Crippen LogP contribution in [0.3, 0.4) is 0 Å². The van der Waals surface area contributed by atoms with Gasteiger partial charge in [0.1, 0.15) is 0 Å². The van der Waals surface area contributed by atoms with E-state index in [0.29, 0.717) is 0 Å². The molecule has 0 aromatic carbocycles. The first kappa shape index (κ1) is 9.00. The molecule has 1 aliphatic rings. The highest BCUT2D eigenvalue weighted by Crippen LogP contribution is 2.21. The normalized spacial score (nSPS) is 15.5. The van der Waals surface area contributed by atoms with Gasteiger partial charge >= 0.3 is 0 Å². The summed E-state index contributed by atoms with van der Waals surface area (Å²) in [7, 11) is 0. The average molecular weight is 194 g/mol. The molecule has 13 heavy (non-hydrogen) atoms. The molecule has 0 atom stereocenters. The smallest absolute Gasteiger partial charge is 0.187 e. The lowest BCUT2D eigenvalue weighted by molar-refractivity contribution is 0.649. The molecular weight excluding hydrogens is 180 g/mol. The van der Waals surface area contributed by atoms with Gasteiger partial charge in [0.15, 0.2) is 5.16 Å². The molecule has 0 saturated carbocycles. The summed E-state index contributed by atoms with van der Waals surface area (Å²) >= 11 is 1.73. The molecule has 0 fully saturated rings. The van der Waals surface area contributed by atoms with Gasteiger partial charge in [0, 0.05) is 11.9 Å². The molecule has 2 nitrogen and oxygen atoms in total. The van der Waals surface area contributed by atoms with Crippen LogP contribution < -0.4 is 0 Å². The van der Waals surface area contributed by atoms with Crippen molar-refractivity contribution >= 4 is 11.8 Å². The third-order valence-corrected chi connectivity index (χ3v) is 3.06. The Morgan fingerprint density at radius 3 is 3.08 bits per heavy atom. The first-order valence-electron chi connectivity index (χ1n) is 4.87. The van der Waals surface area contributed by atoms with Crippen LogP contribution in [0, 0.1) is 0 Å². The highest BCUT2D eigenvalue weighted by Gasteiger charge is 2.11. The van der Waals surface area contributed by atoms with Gasteiger partial charge in [-0.1, -0.05) is 18.7 Å². The number of thioether (sulfide) groups is 1. The number of hydrogen-bond acceptors (Lipinski definition) is 3. The summed E-state index contributed by atoms with van der Waals surface area (Å²) in [6.07, 6.45) is 6.93. The summed E-state index contributed by atoms with van der Waals surface area (Å²) in [6, 6.07) is 0. The van der Waals surface area contributed by atoms with E-state index < -0.39 is 0 Å². The van der Waals surface area contributed by atoms with E-state index in [2.05, 4.69) is 16.9 Å². The van der Waals surface area contributed by atoms with Crippen molar-refractivity contribution in [3.05, 3.63) is 17.5 Å². The molecule has 0 radical (unpaired) electrons. The topological polar surface area (TPSA) is 25.8 Å². The van der Waals surface area contributed by atoms with E-state index in [1.54, 1.807) is 11.8 Å². The number of nitrogens with zero attached hydrogens (tertiary/aromatic N) is 2. The Bertz CT molecular complexity index is 299. The van der Waals surface area contributed by atoms with Gasteiger partial charge in [-0.05, 0) is 37.0 Å². The second-order valence-electron chi connectivity index (χ2n) is 3.26. The molecule has 0 amide bonds. The lowest BCUT2D eigenvalue weighted by Gasteiger charge is -2.13. The molecule has 1 aromatic heterocycles. The summed E-state index contributed by atoms with van der Waals surface area (Å²) < 4.78 is 0. The standard InChI is InChI=1S/C10H14N2S/c1-2-13-10-11-7-8-5-3-4-6-9(8)12-10/h7H,2-6H2,1H3. The Labute approximate surface area is 83.2 Å². The van der Waals surface area contributed by atoms with E-state index >= 15 is 0 Å². The fourth-order valence-electron chi connectivity index (χ4n) is 1.66. The summed E-state index contributed by atoms with van der Waals surface area (Å²) in [4.78, 5) is 8.89. The average Bonchev–Trinajstić information content (AvgIpc) is 2.18. The zero-order valence-electron chi connectivity index (χ0n) is 7.92. The summed E-state index contributed by atoms with van der Waals surface area (Å²) in [5.41, 5.74) is 2.66. The second kappa shape index (κ2) is 4.09. The van der Waals surface area contributed by atoms with Crippen molar-refractivity contribution in [2.45, 2.75) is 37.8 Å². The predicted molar refractivity (Wildman–Crippen MR) is 55.1 cm³/mol. The SMILES string of the molecule is CCSc1ncc2c(n1)CCCC2. The predicted octanol–water partition coefficient (Wildman–Crippen LogP) is 2.47. The van der Waals surface area contributed by atoms with Gasteiger partial charge in [0.25, 0.3) is 0 Å². The Balaban J connectivity index is 2.24. The Kier molecular flexibility index (Phi) is 2.83. The Hall–Kier alpha value is -0.570. The number of hydrogen-bond donors (Lipinski definition) is 0. The number of fused-ring (bicyclic) bond motifs is 1. The Morgan fingerprint density at radius 2 is 2.23 bits per heavy atom. The number of aromatic nitrogens is 2. The molecular formula is C10H14N2S. The molecule has 0 N–H and O–H groups in total. The maximum atomic E-state index is 4.55. The minimum Gasteiger partial charge on any atom is -0.231 e. The third kappa shape index (κ3) is 2.02. The minimum atomic E-state index is 0.947. The molecule has 0 spiro atoms. The lowest BCUT2D eigenvalue weighted by atomic mass is 9.98. The van der Waals surface area contributed by atoms with Gasteiger partial charge in [0.2, 0.25) is 0 Å². The third-order valence-electron chi connectivity index (χ3n) is 2.32.